The van der Waals surface area contributed by atoms with E-state index in [-0.39, 0.29) is 61.8 Å². The van der Waals surface area contributed by atoms with E-state index in [1.54, 1.807) is 12.1 Å². The number of unbranched alkanes of at least 4 members (excludes halogenated alkanes) is 2. The Morgan fingerprint density at radius 2 is 1.10 bits per heavy atom. The normalized spacial score (nSPS) is 15.8. The van der Waals surface area contributed by atoms with Gasteiger partial charge in [-0.15, -0.1) is 0 Å². The number of nitrogens with two attached hydrogens (primary N) is 3. The van der Waals surface area contributed by atoms with Crippen LogP contribution in [0.3, 0.4) is 0 Å². The second-order valence-corrected chi connectivity index (χ2v) is 26.1. The maximum Gasteiger partial charge on any atom is 0.338 e. The number of guanidine groups is 2. The number of pyridine rings is 3. The van der Waals surface area contributed by atoms with E-state index in [0.717, 1.165) is 55.2 Å². The molecule has 28 nitrogen and oxygen atoms in total. The van der Waals surface area contributed by atoms with Crippen LogP contribution in [0.25, 0.3) is 38.5 Å². The monoisotopic (exact) mass is 1470 g/mol. The van der Waals surface area contributed by atoms with Gasteiger partial charge in [0.05, 0.1) is 64.5 Å². The molecule has 0 spiro atoms. The standard InChI is InChI=1S/C81H83N19O9/c1-98-38-28-49(29-39-98)71-59-20-22-61(91-59)72(50-30-40-99(2)41-31-50)63-24-26-65(93-63)74(66-27-25-64(94-66)73(62-23-21-60(71)92-62)51-32-42-100(3)43-33-51)52-44-53(46-54(45-52)109-48-70(102)96-68(78(105)107-4)19-13-37-88-80(84)85)108-47-69(101)95-67(18-12-36-87-79(82)83)76(103)97-81(106)89-35-11-5-10-34-86-77(104)75-55-14-6-8-16-57(55)90-58-17-9-7-15-56(58)75/h6-9,14-17,20-33,38-46,67-68H,5,10-13,18-19,34-37,47-48H2,1-4H3,(H12-2,82,83,84,85,86,87,88,89,91,92,93,94,95,96,97,101,102,103,104,106)/p+3. The Morgan fingerprint density at radius 3 is 1.65 bits per heavy atom. The fourth-order valence-corrected chi connectivity index (χ4v) is 12.8. The molecule has 4 aromatic heterocycles. The maximum absolute atomic E-state index is 13.0. The first-order valence-electron chi connectivity index (χ1n) is 35.5. The third-order valence-electron chi connectivity index (χ3n) is 18.1. The molecule has 3 aromatic carbocycles. The topological polar surface area (TPSA) is 410 Å². The smallest absolute Gasteiger partial charge is 0.338 e. The number of aryl methyl sites for hydroxylation is 2. The third kappa shape index (κ3) is 18.9. The summed E-state index contributed by atoms with van der Waals surface area (Å²) in [7, 11) is 7.09. The van der Waals surface area contributed by atoms with Crippen LogP contribution in [0.15, 0.2) is 257 Å². The number of carbonyl (C=O) groups excluding carboxylic acids is 1. The fraction of sp³-hybridized carbons (Fsp3) is 0.235. The number of aromatic amines is 1. The van der Waals surface area contributed by atoms with E-state index < -0.39 is 55.0 Å². The Morgan fingerprint density at radius 1 is 0.606 bits per heavy atom. The van der Waals surface area contributed by atoms with Crippen molar-refractivity contribution in [2.45, 2.75) is 57.0 Å². The number of aliphatic imine (C=N–C) groups is 8. The van der Waals surface area contributed by atoms with Gasteiger partial charge in [-0.25, -0.2) is 48.9 Å². The minimum atomic E-state index is -1.24. The van der Waals surface area contributed by atoms with Crippen molar-refractivity contribution in [2.24, 2.45) is 65.5 Å². The number of carbonyl (C=O) groups is 1. The summed E-state index contributed by atoms with van der Waals surface area (Å²) in [6.07, 6.45) is 30.4. The van der Waals surface area contributed by atoms with Gasteiger partial charge in [0.1, 0.15) is 31.6 Å². The number of para-hydroxylation sites is 2. The van der Waals surface area contributed by atoms with Crippen molar-refractivity contribution in [3.63, 3.8) is 0 Å². The van der Waals surface area contributed by atoms with E-state index in [1.165, 1.54) is 13.2 Å². The number of benzene rings is 3. The molecule has 15 N–H and O–H groups in total. The van der Waals surface area contributed by atoms with Crippen LogP contribution in [0, 0.1) is 5.41 Å². The van der Waals surface area contributed by atoms with Gasteiger partial charge in [0.15, 0.2) is 50.0 Å². The summed E-state index contributed by atoms with van der Waals surface area (Å²) in [5.74, 6) is -2.56. The van der Waals surface area contributed by atoms with Crippen LogP contribution in [-0.4, -0.2) is 171 Å². The third-order valence-corrected chi connectivity index (χ3v) is 18.1. The average molecular weight is 1470 g/mol. The van der Waals surface area contributed by atoms with Crippen molar-refractivity contribution >= 4 is 103 Å². The van der Waals surface area contributed by atoms with Gasteiger partial charge >= 0.3 is 18.0 Å². The zero-order valence-corrected chi connectivity index (χ0v) is 60.7. The van der Waals surface area contributed by atoms with E-state index in [2.05, 4.69) is 52.7 Å². The van der Waals surface area contributed by atoms with Gasteiger partial charge in [0, 0.05) is 114 Å². The summed E-state index contributed by atoms with van der Waals surface area (Å²) < 4.78 is 21.8. The highest BCUT2D eigenvalue weighted by Crippen LogP contribution is 2.40. The first-order valence-corrected chi connectivity index (χ1v) is 35.5. The minimum Gasteiger partial charge on any atom is -0.495 e. The zero-order valence-electron chi connectivity index (χ0n) is 60.7. The number of aliphatic hydroxyl groups is 5. The lowest BCUT2D eigenvalue weighted by Gasteiger charge is -2.17. The van der Waals surface area contributed by atoms with Crippen LogP contribution in [0.1, 0.15) is 78.6 Å². The molecular formula is C81H86N19O9+3. The highest BCUT2D eigenvalue weighted by molar-refractivity contribution is 6.36. The summed E-state index contributed by atoms with van der Waals surface area (Å²) in [6, 6.07) is 29.2. The van der Waals surface area contributed by atoms with Gasteiger partial charge in [0.2, 0.25) is 23.6 Å². The molecule has 12 rings (SSSR count). The molecule has 0 saturated carbocycles. The molecule has 9 heterocycles. The van der Waals surface area contributed by atoms with Crippen molar-refractivity contribution < 1.29 is 59.1 Å². The molecule has 2 unspecified atom stereocenters. The van der Waals surface area contributed by atoms with Gasteiger partial charge in [-0.2, -0.15) is 4.99 Å². The van der Waals surface area contributed by atoms with E-state index in [0.29, 0.717) is 101 Å². The van der Waals surface area contributed by atoms with Crippen LogP contribution in [-0.2, 0) is 23.6 Å². The predicted octanol–water partition coefficient (Wildman–Crippen LogP) is 7.94. The Hall–Kier alpha value is -13.7. The number of esters is 1. The molecule has 556 valence electrons. The highest BCUT2D eigenvalue weighted by atomic mass is 16.5. The Labute approximate surface area is 628 Å². The molecule has 2 atom stereocenters. The summed E-state index contributed by atoms with van der Waals surface area (Å²) >= 11 is 0. The number of aliphatic hydroxyl groups excluding tert-OH is 5. The van der Waals surface area contributed by atoms with E-state index in [1.807, 2.05) is 194 Å². The Bertz CT molecular complexity index is 5180. The number of allylic oxidation sites excluding steroid dienone is 11. The maximum atomic E-state index is 13.0. The lowest BCUT2D eigenvalue weighted by Crippen LogP contribution is -2.54. The summed E-state index contributed by atoms with van der Waals surface area (Å²) in [5.41, 5.74) is 24.5. The molecule has 0 amide bonds. The van der Waals surface area contributed by atoms with Crippen molar-refractivity contribution in [3.8, 4) is 11.5 Å². The lowest BCUT2D eigenvalue weighted by molar-refractivity contribution is -0.671. The minimum absolute atomic E-state index is 0.0261. The molecular weight excluding hydrogens is 1380 g/mol. The molecule has 0 saturated heterocycles. The summed E-state index contributed by atoms with van der Waals surface area (Å²) in [5, 5.41) is 77.3. The van der Waals surface area contributed by atoms with Gasteiger partial charge in [-0.1, -0.05) is 36.4 Å². The number of ether oxygens (including phenoxy) is 3. The number of aromatic nitrogens is 4. The molecule has 5 aliphatic heterocycles. The molecule has 8 bridgehead atoms. The lowest BCUT2D eigenvalue weighted by atomic mass is 9.97. The van der Waals surface area contributed by atoms with E-state index in [4.69, 9.17) is 56.5 Å². The number of hydrogen-bond donors (Lipinski definition) is 12. The van der Waals surface area contributed by atoms with E-state index in [9.17, 15) is 30.3 Å². The van der Waals surface area contributed by atoms with Crippen molar-refractivity contribution in [2.75, 3.05) is 53.6 Å². The predicted molar refractivity (Wildman–Crippen MR) is 425 cm³/mol. The molecule has 109 heavy (non-hydrogen) atoms. The molecule has 0 aliphatic carbocycles. The van der Waals surface area contributed by atoms with Crippen molar-refractivity contribution in [1.82, 2.24) is 25.5 Å². The Kier molecular flexibility index (Phi) is 24.1. The highest BCUT2D eigenvalue weighted by Gasteiger charge is 2.30. The molecule has 0 radical (unpaired) electrons. The van der Waals surface area contributed by atoms with Crippen LogP contribution in [0.4, 0.5) is 0 Å². The molecule has 28 heteroatoms. The first kappa shape index (κ1) is 75.0. The van der Waals surface area contributed by atoms with Crippen LogP contribution >= 0.6 is 0 Å². The number of amidine groups is 1. The molecule has 0 fully saturated rings. The van der Waals surface area contributed by atoms with Crippen LogP contribution < -0.4 is 46.1 Å². The van der Waals surface area contributed by atoms with Gasteiger partial charge < -0.3 is 60.7 Å². The number of nitrogens with one attached hydrogen (secondary N) is 4. The molecule has 7 aromatic rings. The second-order valence-electron chi connectivity index (χ2n) is 26.1. The number of H-pyrrole nitrogens is 1. The van der Waals surface area contributed by atoms with Gasteiger partial charge in [0.25, 0.3) is 0 Å². The average Bonchev–Trinajstić information content (AvgIpc) is 1.74. The van der Waals surface area contributed by atoms with Crippen molar-refractivity contribution in [3.05, 3.63) is 251 Å². The number of methoxy groups -OCH3 is 1. The van der Waals surface area contributed by atoms with E-state index >= 15 is 0 Å². The fourth-order valence-electron chi connectivity index (χ4n) is 12.8. The number of fused-ring (bicyclic) bond motifs is 7. The largest absolute Gasteiger partial charge is 0.495 e. The first-order chi connectivity index (χ1) is 52.8. The zero-order chi connectivity index (χ0) is 76.5. The summed E-state index contributed by atoms with van der Waals surface area (Å²) in [4.78, 5) is 61.2. The number of hydrogen-bond acceptors (Lipinski definition) is 14. The summed E-state index contributed by atoms with van der Waals surface area (Å²) in [6.45, 7) is -0.121. The number of rotatable bonds is 28. The van der Waals surface area contributed by atoms with Crippen molar-refractivity contribution in [1.29, 1.82) is 5.41 Å². The number of nitrogens with zero attached hydrogens (tertiary/aromatic N) is 12. The van der Waals surface area contributed by atoms with Gasteiger partial charge in [-0.3, -0.25) is 26.9 Å². The molecule has 5 aliphatic rings. The SMILES string of the molecule is COC(=O)C(CCCNC(=N)N)N=C(O)COc1cc(OCC(O)=NC(CCCNC(N)=[NH2+])C(O)=NC(O)=NCCCCCN=C(O)c2c3ccccc3nc3ccccc23)cc(C2=C3C=CC(=N3)C(=C3C=CN(C)C=C3)C3=NC(=C(c4cc[n+](C)cc4)C4=NC(=C(c5cc[n+](C)cc5)c5ccc2[nH]5)C=C4)C=C3)c1. The Balaban J connectivity index is 0.884. The van der Waals surface area contributed by atoms with Crippen LogP contribution in [0.2, 0.25) is 0 Å². The van der Waals surface area contributed by atoms with Gasteiger partial charge in [-0.05, 0) is 152 Å². The van der Waals surface area contributed by atoms with Crippen LogP contribution in [0.5, 0.6) is 11.5 Å². The second kappa shape index (κ2) is 35.0. The quantitative estimate of drug-likeness (QED) is 0.00553.